The molecule has 0 spiro atoms. The first-order valence-corrected chi connectivity index (χ1v) is 8.09. The minimum atomic E-state index is 0.548. The molecule has 2 aliphatic carbocycles. The second kappa shape index (κ2) is 4.53. The van der Waals surface area contributed by atoms with Gasteiger partial charge in [-0.3, -0.25) is 0 Å². The van der Waals surface area contributed by atoms with E-state index in [1.165, 1.54) is 22.3 Å². The van der Waals surface area contributed by atoms with Crippen LogP contribution in [0.1, 0.15) is 31.8 Å². The molecule has 2 atom stereocenters. The Hall–Kier alpha value is -1.55. The summed E-state index contributed by atoms with van der Waals surface area (Å²) in [7, 11) is 0. The Kier molecular flexibility index (Phi) is 2.69. The van der Waals surface area contributed by atoms with E-state index in [4.69, 9.17) is 0 Å². The Labute approximate surface area is 120 Å². The van der Waals surface area contributed by atoms with Gasteiger partial charge < -0.3 is 0 Å². The van der Waals surface area contributed by atoms with Crippen molar-refractivity contribution in [2.75, 3.05) is 0 Å². The average molecular weight is 282 g/mol. The first-order chi connectivity index (χ1) is 9.42. The number of hydrogen-bond donors (Lipinski definition) is 0. The molecule has 19 heavy (non-hydrogen) atoms. The molecule has 0 saturated carbocycles. The van der Waals surface area contributed by atoms with Crippen LogP contribution in [0.15, 0.2) is 60.7 Å². The summed E-state index contributed by atoms with van der Waals surface area (Å²) in [6.07, 6.45) is 9.34. The average Bonchev–Trinajstić information content (AvgIpc) is 3.05. The zero-order valence-electron chi connectivity index (χ0n) is 10.5. The molecule has 2 aromatic carbocycles. The van der Waals surface area contributed by atoms with Gasteiger partial charge in [-0.2, -0.15) is 0 Å². The summed E-state index contributed by atoms with van der Waals surface area (Å²) in [6.45, 7) is 0. The van der Waals surface area contributed by atoms with Gasteiger partial charge in [-0.05, 0) is 0 Å². The van der Waals surface area contributed by atoms with Crippen molar-refractivity contribution in [1.82, 2.24) is 0 Å². The first-order valence-electron chi connectivity index (χ1n) is 6.61. The van der Waals surface area contributed by atoms with Crippen LogP contribution >= 0.6 is 0 Å². The van der Waals surface area contributed by atoms with Gasteiger partial charge in [-0.15, -0.1) is 0 Å². The third-order valence-electron chi connectivity index (χ3n) is 3.80. The van der Waals surface area contributed by atoms with Crippen LogP contribution < -0.4 is 0 Å². The molecule has 0 amide bonds. The van der Waals surface area contributed by atoms with Crippen LogP contribution in [-0.2, 0) is 15.2 Å². The molecule has 2 aromatic rings. The number of fused-ring (bicyclic) bond motifs is 2. The van der Waals surface area contributed by atoms with Gasteiger partial charge in [0.25, 0.3) is 0 Å². The summed E-state index contributed by atoms with van der Waals surface area (Å²) in [5, 5.41) is 0. The van der Waals surface area contributed by atoms with Gasteiger partial charge in [0.05, 0.1) is 0 Å². The fourth-order valence-electron chi connectivity index (χ4n) is 2.83. The van der Waals surface area contributed by atoms with E-state index in [0.29, 0.717) is 24.8 Å². The Morgan fingerprint density at radius 2 is 1.11 bits per heavy atom. The number of hydrogen-bond acceptors (Lipinski definition) is 0. The molecule has 0 aromatic heterocycles. The van der Waals surface area contributed by atoms with Crippen LogP contribution in [0, 0.1) is 0 Å². The van der Waals surface area contributed by atoms with E-state index in [1.807, 2.05) is 0 Å². The van der Waals surface area contributed by atoms with Crippen molar-refractivity contribution < 1.29 is 15.2 Å². The molecule has 0 heterocycles. The topological polar surface area (TPSA) is 0 Å². The normalized spacial score (nSPS) is 22.5. The van der Waals surface area contributed by atoms with Gasteiger partial charge >= 0.3 is 120 Å². The van der Waals surface area contributed by atoms with Crippen LogP contribution in [0.4, 0.5) is 0 Å². The third-order valence-corrected chi connectivity index (χ3v) is 6.00. The first kappa shape index (κ1) is 11.3. The number of rotatable bonds is 2. The van der Waals surface area contributed by atoms with Gasteiger partial charge in [0.1, 0.15) is 0 Å². The maximum atomic E-state index is 2.39. The van der Waals surface area contributed by atoms with Crippen molar-refractivity contribution in [3.05, 3.63) is 82.9 Å². The molecular formula is C18H14Cr. The molecule has 0 radical (unpaired) electrons. The van der Waals surface area contributed by atoms with Crippen LogP contribution in [0.5, 0.6) is 0 Å². The predicted molar refractivity (Wildman–Crippen MR) is 76.4 cm³/mol. The number of allylic oxidation sites excluding steroid dienone is 2. The van der Waals surface area contributed by atoms with Gasteiger partial charge in [-0.25, -0.2) is 0 Å². The molecule has 92 valence electrons. The summed E-state index contributed by atoms with van der Waals surface area (Å²) in [4.78, 5) is 0. The van der Waals surface area contributed by atoms with Crippen LogP contribution in [0.25, 0.3) is 12.2 Å². The minimum absolute atomic E-state index is 0.548. The Morgan fingerprint density at radius 1 is 0.632 bits per heavy atom. The predicted octanol–water partition coefficient (Wildman–Crippen LogP) is 4.61. The SMILES string of the molecule is C1=C[CH]([Cr][CH]2C=Cc3ccccc32)c2ccccc21. The molecule has 0 saturated heterocycles. The zero-order chi connectivity index (χ0) is 12.7. The van der Waals surface area contributed by atoms with Crippen molar-refractivity contribution in [3.63, 3.8) is 0 Å². The van der Waals surface area contributed by atoms with Crippen molar-refractivity contribution >= 4 is 12.2 Å². The molecule has 0 bridgehead atoms. The molecule has 0 fully saturated rings. The van der Waals surface area contributed by atoms with E-state index in [1.54, 1.807) is 0 Å². The van der Waals surface area contributed by atoms with Gasteiger partial charge in [0.2, 0.25) is 0 Å². The van der Waals surface area contributed by atoms with Crippen molar-refractivity contribution in [1.29, 1.82) is 0 Å². The summed E-state index contributed by atoms with van der Waals surface area (Å²) in [5.74, 6) is 0. The number of benzene rings is 2. The second-order valence-corrected chi connectivity index (χ2v) is 6.96. The molecule has 1 heteroatoms. The zero-order valence-corrected chi connectivity index (χ0v) is 11.8. The van der Waals surface area contributed by atoms with Gasteiger partial charge in [-0.1, -0.05) is 0 Å². The van der Waals surface area contributed by atoms with Crippen LogP contribution in [-0.4, -0.2) is 0 Å². The third kappa shape index (κ3) is 1.91. The quantitative estimate of drug-likeness (QED) is 0.755. The van der Waals surface area contributed by atoms with E-state index in [2.05, 4.69) is 72.8 Å². The fourth-order valence-corrected chi connectivity index (χ4v) is 4.98. The van der Waals surface area contributed by atoms with Crippen molar-refractivity contribution in [2.24, 2.45) is 0 Å². The second-order valence-electron chi connectivity index (χ2n) is 4.95. The Bertz CT molecular complexity index is 622. The van der Waals surface area contributed by atoms with E-state index >= 15 is 0 Å². The van der Waals surface area contributed by atoms with Crippen LogP contribution in [0.2, 0.25) is 0 Å². The summed E-state index contributed by atoms with van der Waals surface area (Å²) < 4.78 is 1.26. The van der Waals surface area contributed by atoms with E-state index < -0.39 is 0 Å². The van der Waals surface area contributed by atoms with Crippen molar-refractivity contribution in [3.8, 4) is 0 Å². The summed E-state index contributed by atoms with van der Waals surface area (Å²) in [6, 6.07) is 17.6. The molecule has 0 nitrogen and oxygen atoms in total. The molecule has 0 N–H and O–H groups in total. The molecule has 4 rings (SSSR count). The van der Waals surface area contributed by atoms with E-state index in [9.17, 15) is 0 Å². The van der Waals surface area contributed by atoms with Crippen molar-refractivity contribution in [2.45, 2.75) is 9.56 Å². The maximum absolute atomic E-state index is 2.39. The van der Waals surface area contributed by atoms with Gasteiger partial charge in [0, 0.05) is 0 Å². The van der Waals surface area contributed by atoms with E-state index in [0.717, 1.165) is 0 Å². The Morgan fingerprint density at radius 3 is 1.63 bits per heavy atom. The molecule has 2 unspecified atom stereocenters. The fraction of sp³-hybridized carbons (Fsp3) is 0.111. The standard InChI is InChI=1S/2C9H7.Cr/c2*1-2-5-9-7-3-6-8(9)4-1;/h2*1-7H;. The molecular weight excluding hydrogens is 268 g/mol. The summed E-state index contributed by atoms with van der Waals surface area (Å²) >= 11 is 0.548. The monoisotopic (exact) mass is 282 g/mol. The van der Waals surface area contributed by atoms with Crippen LogP contribution in [0.3, 0.4) is 0 Å². The van der Waals surface area contributed by atoms with Gasteiger partial charge in [0.15, 0.2) is 0 Å². The Balaban J connectivity index is 1.62. The summed E-state index contributed by atoms with van der Waals surface area (Å²) in [5.41, 5.74) is 5.84. The van der Waals surface area contributed by atoms with E-state index in [-0.39, 0.29) is 0 Å². The molecule has 2 aliphatic rings. The molecule has 0 aliphatic heterocycles.